The summed E-state index contributed by atoms with van der Waals surface area (Å²) < 4.78 is 7.56. The van der Waals surface area contributed by atoms with E-state index < -0.39 is 0 Å². The van der Waals surface area contributed by atoms with Crippen LogP contribution in [0.15, 0.2) is 16.6 Å². The molecule has 0 amide bonds. The molecule has 1 aliphatic heterocycles. The third-order valence-corrected chi connectivity index (χ3v) is 6.38. The molecule has 0 fully saturated rings. The molecule has 3 aromatic heterocycles. The average molecular weight is 439 g/mol. The summed E-state index contributed by atoms with van der Waals surface area (Å²) in [6, 6.07) is 0.237. The second kappa shape index (κ2) is 8.26. The summed E-state index contributed by atoms with van der Waals surface area (Å²) in [5.41, 5.74) is 4.00. The lowest BCUT2D eigenvalue weighted by atomic mass is 9.97. The van der Waals surface area contributed by atoms with Gasteiger partial charge in [-0.2, -0.15) is 5.10 Å². The van der Waals surface area contributed by atoms with E-state index in [1.807, 2.05) is 15.0 Å². The number of rotatable bonds is 6. The average Bonchev–Trinajstić information content (AvgIpc) is 3.52. The van der Waals surface area contributed by atoms with Gasteiger partial charge in [-0.15, -0.1) is 11.3 Å². The Hall–Kier alpha value is -3.01. The Morgan fingerprint density at radius 1 is 1.23 bits per heavy atom. The van der Waals surface area contributed by atoms with Crippen LogP contribution in [-0.4, -0.2) is 50.8 Å². The molecule has 31 heavy (non-hydrogen) atoms. The summed E-state index contributed by atoms with van der Waals surface area (Å²) in [4.78, 5) is 20.4. The molecule has 1 atom stereocenters. The maximum Gasteiger partial charge on any atom is 0.258 e. The maximum absolute atomic E-state index is 5.51. The molecule has 2 aliphatic rings. The first-order chi connectivity index (χ1) is 15.2. The first kappa shape index (κ1) is 19.9. The Labute approximate surface area is 185 Å². The van der Waals surface area contributed by atoms with Gasteiger partial charge in [-0.3, -0.25) is 4.99 Å². The van der Waals surface area contributed by atoms with E-state index in [2.05, 4.69) is 34.1 Å². The van der Waals surface area contributed by atoms with Gasteiger partial charge in [0.15, 0.2) is 10.9 Å². The molecular formula is C21H26N8OS. The van der Waals surface area contributed by atoms with Crippen LogP contribution in [-0.2, 0) is 19.4 Å². The monoisotopic (exact) mass is 438 g/mol. The van der Waals surface area contributed by atoms with Crippen molar-refractivity contribution >= 4 is 34.4 Å². The molecule has 10 heteroatoms. The van der Waals surface area contributed by atoms with Crippen LogP contribution in [0.1, 0.15) is 37.9 Å². The summed E-state index contributed by atoms with van der Waals surface area (Å²) in [5.74, 6) is 2.21. The number of hydrogen-bond donors (Lipinski definition) is 1. The number of aliphatic imine (C=N–C) groups is 1. The molecule has 0 radical (unpaired) electrons. The van der Waals surface area contributed by atoms with E-state index in [1.54, 1.807) is 31.0 Å². The van der Waals surface area contributed by atoms with Gasteiger partial charge in [0.05, 0.1) is 31.4 Å². The zero-order valence-electron chi connectivity index (χ0n) is 18.0. The number of nitrogens with one attached hydrogen (secondary N) is 1. The minimum Gasteiger partial charge on any atom is -0.478 e. The van der Waals surface area contributed by atoms with Crippen LogP contribution < -0.4 is 15.0 Å². The fraction of sp³-hybridized carbons (Fsp3) is 0.476. The summed E-state index contributed by atoms with van der Waals surface area (Å²) in [6.45, 7) is 5.78. The lowest BCUT2D eigenvalue weighted by Gasteiger charge is -2.16. The summed E-state index contributed by atoms with van der Waals surface area (Å²) in [7, 11) is 1.61. The number of hydrogen-bond acceptors (Lipinski definition) is 9. The van der Waals surface area contributed by atoms with Crippen molar-refractivity contribution in [2.24, 2.45) is 4.99 Å². The third kappa shape index (κ3) is 3.76. The van der Waals surface area contributed by atoms with Crippen LogP contribution in [0, 0.1) is 0 Å². The Bertz CT molecular complexity index is 1120. The quantitative estimate of drug-likeness (QED) is 0.627. The number of methoxy groups -OCH3 is 1. The zero-order chi connectivity index (χ0) is 21.4. The highest BCUT2D eigenvalue weighted by atomic mass is 32.1. The fourth-order valence-corrected chi connectivity index (χ4v) is 4.77. The number of fused-ring (bicyclic) bond motifs is 1. The maximum atomic E-state index is 5.51. The van der Waals surface area contributed by atoms with E-state index in [4.69, 9.17) is 14.8 Å². The van der Waals surface area contributed by atoms with Gasteiger partial charge in [-0.1, -0.05) is 0 Å². The van der Waals surface area contributed by atoms with Crippen molar-refractivity contribution in [3.05, 3.63) is 22.8 Å². The molecule has 4 heterocycles. The molecule has 5 rings (SSSR count). The topological polar surface area (TPSA) is 93.4 Å². The number of aryl methyl sites for hydroxylation is 2. The number of thiazole rings is 1. The normalized spacial score (nSPS) is 17.8. The predicted molar refractivity (Wildman–Crippen MR) is 123 cm³/mol. The standard InChI is InChI=1S/C21H26N8OS/c1-4-29-18(14-7-5-6-8-15(14)27-29)26-21-25-17(11-31-21)16-9-22-19(20(24-16)30-3)28-10-13(2)23-12-28/h9,11-13H,4-8,10H2,1-3H3,(H,25,26). The molecule has 1 unspecified atom stereocenters. The fourth-order valence-electron chi connectivity index (χ4n) is 4.06. The van der Waals surface area contributed by atoms with E-state index in [1.165, 1.54) is 24.1 Å². The number of nitrogens with zero attached hydrogens (tertiary/aromatic N) is 7. The second-order valence-corrected chi connectivity index (χ2v) is 8.67. The zero-order valence-corrected chi connectivity index (χ0v) is 18.8. The number of aromatic nitrogens is 5. The summed E-state index contributed by atoms with van der Waals surface area (Å²) in [6.07, 6.45) is 8.08. The van der Waals surface area contributed by atoms with Gasteiger partial charge in [0, 0.05) is 24.0 Å². The highest BCUT2D eigenvalue weighted by Gasteiger charge is 2.23. The van der Waals surface area contributed by atoms with Gasteiger partial charge in [0.2, 0.25) is 0 Å². The van der Waals surface area contributed by atoms with Crippen molar-refractivity contribution in [1.29, 1.82) is 0 Å². The van der Waals surface area contributed by atoms with Crippen molar-refractivity contribution in [3.8, 4) is 17.3 Å². The van der Waals surface area contributed by atoms with Gasteiger partial charge < -0.3 is 15.0 Å². The molecule has 0 bridgehead atoms. The summed E-state index contributed by atoms with van der Waals surface area (Å²) in [5, 5.41) is 11.1. The van der Waals surface area contributed by atoms with Gasteiger partial charge in [-0.05, 0) is 39.5 Å². The molecule has 3 aromatic rings. The van der Waals surface area contributed by atoms with Crippen LogP contribution >= 0.6 is 11.3 Å². The third-order valence-electron chi connectivity index (χ3n) is 5.62. The Balaban J connectivity index is 1.40. The summed E-state index contributed by atoms with van der Waals surface area (Å²) >= 11 is 1.55. The van der Waals surface area contributed by atoms with Gasteiger partial charge in [0.1, 0.15) is 17.2 Å². The van der Waals surface area contributed by atoms with Crippen LogP contribution in [0.5, 0.6) is 5.88 Å². The molecule has 1 N–H and O–H groups in total. The van der Waals surface area contributed by atoms with Crippen molar-refractivity contribution in [1.82, 2.24) is 24.7 Å². The number of ether oxygens (including phenoxy) is 1. The molecule has 0 aromatic carbocycles. The SMILES string of the molecule is CCn1nc2c(c1Nc1nc(-c3cnc(N4C=NC(C)C4)c(OC)n3)cs1)CCCC2. The predicted octanol–water partition coefficient (Wildman–Crippen LogP) is 3.68. The second-order valence-electron chi connectivity index (χ2n) is 7.81. The first-order valence-electron chi connectivity index (χ1n) is 10.7. The van der Waals surface area contributed by atoms with E-state index in [-0.39, 0.29) is 6.04 Å². The van der Waals surface area contributed by atoms with E-state index in [0.29, 0.717) is 17.4 Å². The van der Waals surface area contributed by atoms with Crippen LogP contribution in [0.2, 0.25) is 0 Å². The molecule has 0 saturated heterocycles. The highest BCUT2D eigenvalue weighted by Crippen LogP contribution is 2.33. The van der Waals surface area contributed by atoms with Crippen LogP contribution in [0.3, 0.4) is 0 Å². The van der Waals surface area contributed by atoms with Gasteiger partial charge in [0.25, 0.3) is 5.88 Å². The van der Waals surface area contributed by atoms with Crippen LogP contribution in [0.4, 0.5) is 16.8 Å². The minimum atomic E-state index is 0.237. The van der Waals surface area contributed by atoms with Crippen molar-refractivity contribution in [2.45, 2.75) is 52.1 Å². The Morgan fingerprint density at radius 2 is 2.10 bits per heavy atom. The Morgan fingerprint density at radius 3 is 2.87 bits per heavy atom. The molecule has 1 aliphatic carbocycles. The lowest BCUT2D eigenvalue weighted by Crippen LogP contribution is -2.23. The molecule has 0 spiro atoms. The van der Waals surface area contributed by atoms with Crippen molar-refractivity contribution in [3.63, 3.8) is 0 Å². The lowest BCUT2D eigenvalue weighted by molar-refractivity contribution is 0.397. The highest BCUT2D eigenvalue weighted by molar-refractivity contribution is 7.14. The van der Waals surface area contributed by atoms with Crippen molar-refractivity contribution in [2.75, 3.05) is 23.9 Å². The first-order valence-corrected chi connectivity index (χ1v) is 11.6. The largest absolute Gasteiger partial charge is 0.478 e. The van der Waals surface area contributed by atoms with Gasteiger partial charge >= 0.3 is 0 Å². The van der Waals surface area contributed by atoms with Crippen LogP contribution in [0.25, 0.3) is 11.4 Å². The Kier molecular flexibility index (Phi) is 5.31. The molecular weight excluding hydrogens is 412 g/mol. The van der Waals surface area contributed by atoms with Gasteiger partial charge in [-0.25, -0.2) is 19.6 Å². The van der Waals surface area contributed by atoms with E-state index in [0.717, 1.165) is 42.6 Å². The van der Waals surface area contributed by atoms with E-state index >= 15 is 0 Å². The van der Waals surface area contributed by atoms with E-state index in [9.17, 15) is 0 Å². The van der Waals surface area contributed by atoms with Crippen molar-refractivity contribution < 1.29 is 4.74 Å². The molecule has 162 valence electrons. The molecule has 0 saturated carbocycles. The smallest absolute Gasteiger partial charge is 0.258 e. The minimum absolute atomic E-state index is 0.237. The molecule has 9 nitrogen and oxygen atoms in total. The number of anilines is 3.